The van der Waals surface area contributed by atoms with Crippen LogP contribution in [0.4, 0.5) is 5.69 Å². The summed E-state index contributed by atoms with van der Waals surface area (Å²) in [5, 5.41) is 12.1. The molecule has 3 aromatic rings. The molecule has 7 nitrogen and oxygen atoms in total. The maximum absolute atomic E-state index is 12.4. The molecule has 0 spiro atoms. The van der Waals surface area contributed by atoms with Crippen LogP contribution in [0.3, 0.4) is 0 Å². The minimum Gasteiger partial charge on any atom is -0.493 e. The van der Waals surface area contributed by atoms with Gasteiger partial charge in [-0.1, -0.05) is 41.6 Å². The Balaban J connectivity index is 1.51. The highest BCUT2D eigenvalue weighted by molar-refractivity contribution is 7.99. The van der Waals surface area contributed by atoms with Gasteiger partial charge in [0.2, 0.25) is 5.91 Å². The van der Waals surface area contributed by atoms with E-state index in [1.165, 1.54) is 11.8 Å². The Morgan fingerprint density at radius 3 is 2.63 bits per heavy atom. The van der Waals surface area contributed by atoms with Gasteiger partial charge in [0, 0.05) is 18.5 Å². The summed E-state index contributed by atoms with van der Waals surface area (Å²) in [6.45, 7) is 4.51. The van der Waals surface area contributed by atoms with Gasteiger partial charge in [-0.05, 0) is 37.6 Å². The number of rotatable bonds is 9. The topological polar surface area (TPSA) is 78.3 Å². The van der Waals surface area contributed by atoms with Gasteiger partial charge in [0.15, 0.2) is 16.7 Å². The Kier molecular flexibility index (Phi) is 7.35. The summed E-state index contributed by atoms with van der Waals surface area (Å²) >= 11 is 1.53. The molecule has 0 atom stereocenters. The monoisotopic (exact) mass is 426 g/mol. The number of thioether (sulfide) groups is 1. The third kappa shape index (κ3) is 5.54. The maximum Gasteiger partial charge on any atom is 0.232 e. The molecule has 0 bridgehead atoms. The molecule has 0 aliphatic carbocycles. The molecule has 1 N–H and O–H groups in total. The summed E-state index contributed by atoms with van der Waals surface area (Å²) in [6.07, 6.45) is 0.162. The lowest BCUT2D eigenvalue weighted by molar-refractivity contribution is -0.115. The van der Waals surface area contributed by atoms with Gasteiger partial charge in [-0.3, -0.25) is 4.79 Å². The highest BCUT2D eigenvalue weighted by Gasteiger charge is 2.14. The van der Waals surface area contributed by atoms with Crippen LogP contribution in [-0.2, 0) is 18.3 Å². The molecule has 2 aromatic carbocycles. The normalized spacial score (nSPS) is 10.7. The molecule has 0 radical (unpaired) electrons. The van der Waals surface area contributed by atoms with E-state index < -0.39 is 0 Å². The summed E-state index contributed by atoms with van der Waals surface area (Å²) in [6, 6.07) is 13.5. The predicted octanol–water partition coefficient (Wildman–Crippen LogP) is 3.79. The van der Waals surface area contributed by atoms with Crippen LogP contribution < -0.4 is 14.8 Å². The Morgan fingerprint density at radius 2 is 1.90 bits per heavy atom. The summed E-state index contributed by atoms with van der Waals surface area (Å²) in [4.78, 5) is 12.4. The average molecular weight is 427 g/mol. The van der Waals surface area contributed by atoms with Crippen molar-refractivity contribution in [1.29, 1.82) is 0 Å². The van der Waals surface area contributed by atoms with Gasteiger partial charge in [-0.2, -0.15) is 0 Å². The standard InChI is InChI=1S/C22H26N4O3S/c1-15-9-10-17(16(2)13-15)23-21(27)14-20-24-25-22(26(20)3)30-12-11-29-19-8-6-5-7-18(19)28-4/h5-10,13H,11-12,14H2,1-4H3,(H,23,27). The van der Waals surface area contributed by atoms with Gasteiger partial charge >= 0.3 is 0 Å². The van der Waals surface area contributed by atoms with Crippen LogP contribution in [0.25, 0.3) is 0 Å². The molecule has 0 unspecified atom stereocenters. The number of carbonyl (C=O) groups excluding carboxylic acids is 1. The van der Waals surface area contributed by atoms with Crippen molar-refractivity contribution in [1.82, 2.24) is 14.8 Å². The van der Waals surface area contributed by atoms with Crippen molar-refractivity contribution >= 4 is 23.4 Å². The van der Waals surface area contributed by atoms with Crippen LogP contribution in [0, 0.1) is 13.8 Å². The van der Waals surface area contributed by atoms with Crippen molar-refractivity contribution < 1.29 is 14.3 Å². The number of ether oxygens (including phenoxy) is 2. The van der Waals surface area contributed by atoms with E-state index in [0.717, 1.165) is 22.0 Å². The fraction of sp³-hybridized carbons (Fsp3) is 0.318. The number of para-hydroxylation sites is 2. The second-order valence-corrected chi connectivity index (χ2v) is 7.91. The van der Waals surface area contributed by atoms with Gasteiger partial charge in [-0.15, -0.1) is 10.2 Å². The number of nitrogens with zero attached hydrogens (tertiary/aromatic N) is 3. The minimum atomic E-state index is -0.117. The number of aromatic nitrogens is 3. The molecule has 1 aromatic heterocycles. The van der Waals surface area contributed by atoms with E-state index in [0.29, 0.717) is 29.7 Å². The number of hydrogen-bond acceptors (Lipinski definition) is 6. The van der Waals surface area contributed by atoms with Crippen LogP contribution in [0.15, 0.2) is 47.6 Å². The maximum atomic E-state index is 12.4. The van der Waals surface area contributed by atoms with Crippen LogP contribution in [0.2, 0.25) is 0 Å². The van der Waals surface area contributed by atoms with Crippen LogP contribution in [0.5, 0.6) is 11.5 Å². The van der Waals surface area contributed by atoms with Crippen LogP contribution in [-0.4, -0.2) is 40.1 Å². The van der Waals surface area contributed by atoms with Crippen molar-refractivity contribution in [3.05, 3.63) is 59.4 Å². The number of anilines is 1. The van der Waals surface area contributed by atoms with Gasteiger partial charge in [0.05, 0.1) is 20.1 Å². The molecule has 158 valence electrons. The fourth-order valence-corrected chi connectivity index (χ4v) is 3.69. The Morgan fingerprint density at radius 1 is 1.13 bits per heavy atom. The third-order valence-electron chi connectivity index (χ3n) is 4.54. The first-order valence-electron chi connectivity index (χ1n) is 9.62. The van der Waals surface area contributed by atoms with Gasteiger partial charge in [0.25, 0.3) is 0 Å². The van der Waals surface area contributed by atoms with Gasteiger partial charge < -0.3 is 19.4 Å². The van der Waals surface area contributed by atoms with Crippen LogP contribution >= 0.6 is 11.8 Å². The Labute approximate surface area is 180 Å². The highest BCUT2D eigenvalue weighted by Crippen LogP contribution is 2.26. The molecule has 1 heterocycles. The summed E-state index contributed by atoms with van der Waals surface area (Å²) in [7, 11) is 3.48. The smallest absolute Gasteiger partial charge is 0.232 e. The Hall–Kier alpha value is -3.00. The van der Waals surface area contributed by atoms with Crippen molar-refractivity contribution in [3.8, 4) is 11.5 Å². The molecule has 1 amide bonds. The number of amides is 1. The number of hydrogen-bond donors (Lipinski definition) is 1. The number of carbonyl (C=O) groups is 1. The summed E-state index contributed by atoms with van der Waals surface area (Å²) < 4.78 is 12.9. The van der Waals surface area contributed by atoms with Crippen molar-refractivity contribution in [2.75, 3.05) is 24.8 Å². The Bertz CT molecular complexity index is 1020. The predicted molar refractivity (Wildman–Crippen MR) is 118 cm³/mol. The van der Waals surface area contributed by atoms with E-state index in [9.17, 15) is 4.79 Å². The largest absolute Gasteiger partial charge is 0.493 e. The van der Waals surface area contributed by atoms with Crippen molar-refractivity contribution in [2.24, 2.45) is 7.05 Å². The quantitative estimate of drug-likeness (QED) is 0.414. The number of benzene rings is 2. The molecule has 0 aliphatic rings. The van der Waals surface area contributed by atoms with E-state index in [-0.39, 0.29) is 12.3 Å². The molecule has 0 fully saturated rings. The van der Waals surface area contributed by atoms with E-state index >= 15 is 0 Å². The minimum absolute atomic E-state index is 0.117. The number of nitrogens with one attached hydrogen (secondary N) is 1. The second kappa shape index (κ2) is 10.2. The van der Waals surface area contributed by atoms with Crippen molar-refractivity contribution in [2.45, 2.75) is 25.4 Å². The van der Waals surface area contributed by atoms with Gasteiger partial charge in [0.1, 0.15) is 5.82 Å². The lowest BCUT2D eigenvalue weighted by Gasteiger charge is -2.10. The summed E-state index contributed by atoms with van der Waals surface area (Å²) in [5.41, 5.74) is 3.01. The molecule has 8 heteroatoms. The van der Waals surface area contributed by atoms with E-state index in [1.807, 2.05) is 67.9 Å². The first-order chi connectivity index (χ1) is 14.5. The van der Waals surface area contributed by atoms with E-state index in [2.05, 4.69) is 15.5 Å². The zero-order valence-corrected chi connectivity index (χ0v) is 18.5. The fourth-order valence-electron chi connectivity index (χ4n) is 2.94. The highest BCUT2D eigenvalue weighted by atomic mass is 32.2. The first kappa shape index (κ1) is 21.7. The number of methoxy groups -OCH3 is 1. The van der Waals surface area contributed by atoms with Crippen molar-refractivity contribution in [3.63, 3.8) is 0 Å². The van der Waals surface area contributed by atoms with E-state index in [4.69, 9.17) is 9.47 Å². The molecule has 0 saturated heterocycles. The molecule has 30 heavy (non-hydrogen) atoms. The molecule has 0 saturated carbocycles. The third-order valence-corrected chi connectivity index (χ3v) is 5.53. The van der Waals surface area contributed by atoms with Gasteiger partial charge in [-0.25, -0.2) is 0 Å². The zero-order chi connectivity index (χ0) is 21.5. The molecule has 3 rings (SSSR count). The second-order valence-electron chi connectivity index (χ2n) is 6.85. The lowest BCUT2D eigenvalue weighted by Crippen LogP contribution is -2.17. The van der Waals surface area contributed by atoms with E-state index in [1.54, 1.807) is 7.11 Å². The molecular weight excluding hydrogens is 400 g/mol. The zero-order valence-electron chi connectivity index (χ0n) is 17.6. The SMILES string of the molecule is COc1ccccc1OCCSc1nnc(CC(=O)Nc2ccc(C)cc2C)n1C. The summed E-state index contributed by atoms with van der Waals surface area (Å²) in [5.74, 6) is 2.61. The molecular formula is C22H26N4O3S. The number of aryl methyl sites for hydroxylation is 2. The van der Waals surface area contributed by atoms with Crippen LogP contribution in [0.1, 0.15) is 17.0 Å². The lowest BCUT2D eigenvalue weighted by atomic mass is 10.1. The first-order valence-corrected chi connectivity index (χ1v) is 10.6. The molecule has 0 aliphatic heterocycles. The average Bonchev–Trinajstić information content (AvgIpc) is 3.07.